The molecule has 0 aliphatic carbocycles. The molecule has 0 aromatic carbocycles. The third-order valence-corrected chi connectivity index (χ3v) is 4.44. The second-order valence-electron chi connectivity index (χ2n) is 5.84. The number of carbonyl (C=O) groups excluding carboxylic acids is 1. The van der Waals surface area contributed by atoms with E-state index in [1.165, 1.54) is 4.90 Å². The van der Waals surface area contributed by atoms with Crippen LogP contribution in [0.1, 0.15) is 29.7 Å². The zero-order valence-electron chi connectivity index (χ0n) is 13.5. The number of nitrogens with one attached hydrogen (secondary N) is 2. The number of aromatic nitrogens is 2. The topological polar surface area (TPSA) is 102 Å². The third-order valence-electron chi connectivity index (χ3n) is 4.13. The highest BCUT2D eigenvalue weighted by atomic mass is 35.5. The van der Waals surface area contributed by atoms with Crippen molar-refractivity contribution >= 4 is 23.6 Å². The molecule has 3 N–H and O–H groups in total. The maximum absolute atomic E-state index is 12.4. The van der Waals surface area contributed by atoms with Gasteiger partial charge in [-0.1, -0.05) is 18.5 Å². The molecule has 0 saturated carbocycles. The molecule has 0 radical (unpaired) electrons. The maximum atomic E-state index is 12.4. The smallest absolute Gasteiger partial charge is 0.407 e. The summed E-state index contributed by atoms with van der Waals surface area (Å²) in [7, 11) is 3.74. The number of likely N-dealkylation sites (tertiary alicyclic amines) is 1. The van der Waals surface area contributed by atoms with Crippen LogP contribution >= 0.6 is 11.6 Å². The molecular weight excluding hydrogens is 322 g/mol. The molecule has 2 amide bonds. The summed E-state index contributed by atoms with van der Waals surface area (Å²) in [6.45, 7) is 2.67. The van der Waals surface area contributed by atoms with Gasteiger partial charge in [-0.25, -0.2) is 9.78 Å². The number of hydrogen-bond acceptors (Lipinski definition) is 4. The zero-order valence-corrected chi connectivity index (χ0v) is 14.2. The molecule has 8 nitrogen and oxygen atoms in total. The number of halogens is 1. The number of aromatic amines is 1. The molecule has 0 spiro atoms. The van der Waals surface area contributed by atoms with Crippen LogP contribution < -0.4 is 5.32 Å². The van der Waals surface area contributed by atoms with Crippen LogP contribution in [-0.2, 0) is 6.42 Å². The van der Waals surface area contributed by atoms with Gasteiger partial charge in [0.25, 0.3) is 5.91 Å². The normalized spacial score (nSPS) is 21.5. The van der Waals surface area contributed by atoms with E-state index in [9.17, 15) is 9.59 Å². The Labute approximate surface area is 139 Å². The van der Waals surface area contributed by atoms with Gasteiger partial charge in [-0.3, -0.25) is 4.79 Å². The van der Waals surface area contributed by atoms with Crippen molar-refractivity contribution in [3.05, 3.63) is 16.7 Å². The number of hydrogen-bond donors (Lipinski definition) is 3. The Morgan fingerprint density at radius 2 is 2.22 bits per heavy atom. The van der Waals surface area contributed by atoms with Crippen LogP contribution in [0, 0.1) is 0 Å². The van der Waals surface area contributed by atoms with Gasteiger partial charge in [0, 0.05) is 25.2 Å². The van der Waals surface area contributed by atoms with E-state index in [1.807, 2.05) is 25.9 Å². The molecule has 2 unspecified atom stereocenters. The van der Waals surface area contributed by atoms with Gasteiger partial charge >= 0.3 is 6.09 Å². The van der Waals surface area contributed by atoms with Crippen molar-refractivity contribution in [2.45, 2.75) is 31.8 Å². The average molecular weight is 344 g/mol. The highest BCUT2D eigenvalue weighted by Gasteiger charge is 2.34. The van der Waals surface area contributed by atoms with Crippen molar-refractivity contribution in [1.29, 1.82) is 0 Å². The Kier molecular flexibility index (Phi) is 5.48. The first kappa shape index (κ1) is 17.6. The largest absolute Gasteiger partial charge is 0.465 e. The highest BCUT2D eigenvalue weighted by molar-refractivity contribution is 6.30. The van der Waals surface area contributed by atoms with Crippen LogP contribution in [-0.4, -0.2) is 76.1 Å². The van der Waals surface area contributed by atoms with Gasteiger partial charge in [-0.05, 0) is 26.9 Å². The van der Waals surface area contributed by atoms with E-state index < -0.39 is 6.09 Å². The molecule has 0 bridgehead atoms. The second kappa shape index (κ2) is 7.18. The molecule has 128 valence electrons. The van der Waals surface area contributed by atoms with Crippen LogP contribution in [0.15, 0.2) is 0 Å². The molecule has 23 heavy (non-hydrogen) atoms. The number of aryl methyl sites for hydroxylation is 1. The number of piperidine rings is 1. The Morgan fingerprint density at radius 3 is 2.74 bits per heavy atom. The van der Waals surface area contributed by atoms with Crippen molar-refractivity contribution in [3.8, 4) is 0 Å². The van der Waals surface area contributed by atoms with Gasteiger partial charge in [0.05, 0.1) is 5.69 Å². The third kappa shape index (κ3) is 3.94. The average Bonchev–Trinajstić information content (AvgIpc) is 2.88. The fraction of sp³-hybridized carbons (Fsp3) is 0.643. The van der Waals surface area contributed by atoms with Gasteiger partial charge < -0.3 is 25.2 Å². The van der Waals surface area contributed by atoms with E-state index in [0.29, 0.717) is 31.1 Å². The fourth-order valence-electron chi connectivity index (χ4n) is 2.76. The molecule has 1 saturated heterocycles. The van der Waals surface area contributed by atoms with Crippen LogP contribution in [0.5, 0.6) is 0 Å². The standard InChI is InChI=1S/C14H22ClN5O3/c1-4-8-11(15)18-12(16-8)13(21)17-9-5-6-20(14(22)23)7-10(9)19(2)3/h9-10H,4-7H2,1-3H3,(H,16,18)(H,17,21)(H,22,23). The number of carboxylic acid groups (broad SMARTS) is 1. The van der Waals surface area contributed by atoms with Crippen LogP contribution in [0.25, 0.3) is 0 Å². The van der Waals surface area contributed by atoms with Gasteiger partial charge in [0.1, 0.15) is 0 Å². The Balaban J connectivity index is 2.07. The number of imidazole rings is 1. The molecule has 2 heterocycles. The number of H-pyrrole nitrogens is 1. The fourth-order valence-corrected chi connectivity index (χ4v) is 3.03. The molecule has 1 aliphatic heterocycles. The van der Waals surface area contributed by atoms with Crippen LogP contribution in [0.4, 0.5) is 4.79 Å². The van der Waals surface area contributed by atoms with Gasteiger partial charge in [-0.2, -0.15) is 0 Å². The molecule has 2 atom stereocenters. The first-order chi connectivity index (χ1) is 10.8. The number of amides is 2. The monoisotopic (exact) mass is 343 g/mol. The predicted molar refractivity (Wildman–Crippen MR) is 85.9 cm³/mol. The van der Waals surface area contributed by atoms with Crippen molar-refractivity contribution in [3.63, 3.8) is 0 Å². The first-order valence-electron chi connectivity index (χ1n) is 7.53. The van der Waals surface area contributed by atoms with Crippen LogP contribution in [0.2, 0.25) is 5.15 Å². The summed E-state index contributed by atoms with van der Waals surface area (Å²) < 4.78 is 0. The minimum Gasteiger partial charge on any atom is -0.465 e. The van der Waals surface area contributed by atoms with E-state index in [0.717, 1.165) is 5.69 Å². The lowest BCUT2D eigenvalue weighted by Crippen LogP contribution is -2.59. The maximum Gasteiger partial charge on any atom is 0.407 e. The summed E-state index contributed by atoms with van der Waals surface area (Å²) in [5, 5.41) is 12.4. The first-order valence-corrected chi connectivity index (χ1v) is 7.90. The van der Waals surface area contributed by atoms with Gasteiger partial charge in [0.2, 0.25) is 0 Å². The lowest BCUT2D eigenvalue weighted by atomic mass is 9.98. The molecule has 1 fully saturated rings. The predicted octanol–water partition coefficient (Wildman–Crippen LogP) is 1.04. The van der Waals surface area contributed by atoms with Gasteiger partial charge in [-0.15, -0.1) is 0 Å². The summed E-state index contributed by atoms with van der Waals surface area (Å²) in [6, 6.07) is -0.248. The minimum absolute atomic E-state index is 0.0973. The van der Waals surface area contributed by atoms with E-state index in [-0.39, 0.29) is 23.8 Å². The Morgan fingerprint density at radius 1 is 1.52 bits per heavy atom. The quantitative estimate of drug-likeness (QED) is 0.758. The lowest BCUT2D eigenvalue weighted by Gasteiger charge is -2.40. The molecular formula is C14H22ClN5O3. The molecule has 1 aromatic heterocycles. The minimum atomic E-state index is -0.938. The van der Waals surface area contributed by atoms with Gasteiger partial charge in [0.15, 0.2) is 11.0 Å². The Hall–Kier alpha value is -1.80. The van der Waals surface area contributed by atoms with Crippen molar-refractivity contribution in [2.24, 2.45) is 0 Å². The van der Waals surface area contributed by atoms with E-state index >= 15 is 0 Å². The summed E-state index contributed by atoms with van der Waals surface area (Å²) in [4.78, 5) is 33.8. The van der Waals surface area contributed by atoms with Crippen molar-refractivity contribution in [1.82, 2.24) is 25.1 Å². The number of likely N-dealkylation sites (N-methyl/N-ethyl adjacent to an activating group) is 1. The molecule has 1 aromatic rings. The van der Waals surface area contributed by atoms with E-state index in [2.05, 4.69) is 15.3 Å². The van der Waals surface area contributed by atoms with E-state index in [1.54, 1.807) is 0 Å². The SMILES string of the molecule is CCc1[nH]c(C(=O)NC2CCN(C(=O)O)CC2N(C)C)nc1Cl. The van der Waals surface area contributed by atoms with Crippen molar-refractivity contribution in [2.75, 3.05) is 27.2 Å². The summed E-state index contributed by atoms with van der Waals surface area (Å²) in [5.41, 5.74) is 0.724. The number of nitrogens with zero attached hydrogens (tertiary/aromatic N) is 3. The zero-order chi connectivity index (χ0) is 17.1. The lowest BCUT2D eigenvalue weighted by molar-refractivity contribution is 0.0742. The summed E-state index contributed by atoms with van der Waals surface area (Å²) >= 11 is 5.96. The molecule has 9 heteroatoms. The summed E-state index contributed by atoms with van der Waals surface area (Å²) in [5.74, 6) is -0.141. The number of carbonyl (C=O) groups is 2. The second-order valence-corrected chi connectivity index (χ2v) is 6.19. The van der Waals surface area contributed by atoms with Crippen molar-refractivity contribution < 1.29 is 14.7 Å². The Bertz CT molecular complexity index is 589. The summed E-state index contributed by atoms with van der Waals surface area (Å²) in [6.07, 6.45) is 0.277. The highest BCUT2D eigenvalue weighted by Crippen LogP contribution is 2.17. The molecule has 2 rings (SSSR count). The molecule has 1 aliphatic rings. The van der Waals surface area contributed by atoms with E-state index in [4.69, 9.17) is 16.7 Å². The van der Waals surface area contributed by atoms with Crippen LogP contribution in [0.3, 0.4) is 0 Å². The number of rotatable bonds is 4.